The first kappa shape index (κ1) is 15.0. The van der Waals surface area contributed by atoms with Crippen LogP contribution in [0.4, 0.5) is 4.39 Å². The fourth-order valence-corrected chi connectivity index (χ4v) is 1.58. The first-order valence-corrected chi connectivity index (χ1v) is 6.43. The highest BCUT2D eigenvalue weighted by atomic mass is 35.5. The molecule has 0 bridgehead atoms. The molecule has 1 rings (SSSR count). The highest BCUT2D eigenvalue weighted by Gasteiger charge is 2.12. The maximum Gasteiger partial charge on any atom is 0.165 e. The molecular weight excluding hydrogens is 253 g/mol. The predicted molar refractivity (Wildman–Crippen MR) is 73.5 cm³/mol. The van der Waals surface area contributed by atoms with Crippen LogP contribution in [-0.2, 0) is 6.42 Å². The zero-order valence-corrected chi connectivity index (χ0v) is 11.5. The lowest BCUT2D eigenvalue weighted by atomic mass is 10.0. The van der Waals surface area contributed by atoms with Crippen molar-refractivity contribution in [3.8, 4) is 5.75 Å². The number of ether oxygens (including phenoxy) is 1. The highest BCUT2D eigenvalue weighted by Crippen LogP contribution is 2.24. The molecule has 1 unspecified atom stereocenters. The summed E-state index contributed by atoms with van der Waals surface area (Å²) in [7, 11) is 0. The molecule has 0 saturated carbocycles. The molecule has 0 spiro atoms. The number of hydrogen-bond acceptors (Lipinski definition) is 2. The van der Waals surface area contributed by atoms with E-state index in [1.807, 2.05) is 19.9 Å². The average molecular weight is 272 g/mol. The summed E-state index contributed by atoms with van der Waals surface area (Å²) in [6.07, 6.45) is 1.45. The molecule has 4 heteroatoms. The Morgan fingerprint density at radius 2 is 2.28 bits per heavy atom. The lowest BCUT2D eigenvalue weighted by Crippen LogP contribution is -2.22. The monoisotopic (exact) mass is 271 g/mol. The Hall–Kier alpha value is -1.06. The largest absolute Gasteiger partial charge is 0.486 e. The summed E-state index contributed by atoms with van der Waals surface area (Å²) in [6, 6.07) is 4.91. The van der Waals surface area contributed by atoms with Gasteiger partial charge in [-0.15, -0.1) is 0 Å². The van der Waals surface area contributed by atoms with Crippen LogP contribution < -0.4 is 10.5 Å². The van der Waals surface area contributed by atoms with Gasteiger partial charge < -0.3 is 10.5 Å². The third-order valence-corrected chi connectivity index (χ3v) is 3.06. The third-order valence-electron chi connectivity index (χ3n) is 2.69. The van der Waals surface area contributed by atoms with E-state index in [4.69, 9.17) is 22.1 Å². The molecule has 1 aromatic rings. The quantitative estimate of drug-likeness (QED) is 0.858. The van der Waals surface area contributed by atoms with Crippen LogP contribution in [0.5, 0.6) is 5.75 Å². The van der Waals surface area contributed by atoms with Crippen molar-refractivity contribution in [2.75, 3.05) is 6.61 Å². The van der Waals surface area contributed by atoms with Gasteiger partial charge in [0, 0.05) is 11.6 Å². The summed E-state index contributed by atoms with van der Waals surface area (Å²) in [5, 5.41) is 0. The van der Waals surface area contributed by atoms with E-state index >= 15 is 0 Å². The molecule has 100 valence electrons. The van der Waals surface area contributed by atoms with Crippen molar-refractivity contribution >= 4 is 11.6 Å². The zero-order chi connectivity index (χ0) is 13.5. The summed E-state index contributed by atoms with van der Waals surface area (Å²) < 4.78 is 19.2. The minimum atomic E-state index is -0.363. The van der Waals surface area contributed by atoms with E-state index in [1.54, 1.807) is 6.07 Å². The normalized spacial score (nSPS) is 13.5. The molecule has 2 nitrogen and oxygen atoms in total. The SMILES string of the molecule is CCC(N)Cc1cccc(F)c1OC/C(C)=C/Cl. The molecule has 0 aliphatic rings. The molecule has 0 aliphatic carbocycles. The molecule has 2 N–H and O–H groups in total. The van der Waals surface area contributed by atoms with Gasteiger partial charge in [-0.1, -0.05) is 30.7 Å². The Morgan fingerprint density at radius 1 is 1.56 bits per heavy atom. The Labute approximate surface area is 113 Å². The van der Waals surface area contributed by atoms with Crippen LogP contribution in [-0.4, -0.2) is 12.6 Å². The van der Waals surface area contributed by atoms with Gasteiger partial charge in [0.25, 0.3) is 0 Å². The van der Waals surface area contributed by atoms with Crippen molar-refractivity contribution in [1.82, 2.24) is 0 Å². The van der Waals surface area contributed by atoms with E-state index in [0.29, 0.717) is 6.42 Å². The number of benzene rings is 1. The smallest absolute Gasteiger partial charge is 0.165 e. The fraction of sp³-hybridized carbons (Fsp3) is 0.429. The first-order chi connectivity index (χ1) is 8.58. The number of halogens is 2. The van der Waals surface area contributed by atoms with Gasteiger partial charge in [-0.2, -0.15) is 0 Å². The van der Waals surface area contributed by atoms with Crippen molar-refractivity contribution in [3.05, 3.63) is 40.7 Å². The molecule has 1 atom stereocenters. The van der Waals surface area contributed by atoms with Crippen LogP contribution in [0.2, 0.25) is 0 Å². The van der Waals surface area contributed by atoms with E-state index in [9.17, 15) is 4.39 Å². The van der Waals surface area contributed by atoms with E-state index in [2.05, 4.69) is 0 Å². The maximum atomic E-state index is 13.7. The van der Waals surface area contributed by atoms with Gasteiger partial charge in [0.2, 0.25) is 0 Å². The summed E-state index contributed by atoms with van der Waals surface area (Å²) in [5.41, 5.74) is 8.96. The standard InChI is InChI=1S/C14H19ClFNO/c1-3-12(17)7-11-5-4-6-13(16)14(11)18-9-10(2)8-15/h4-6,8,12H,3,7,9,17H2,1-2H3/b10-8+. The molecule has 0 amide bonds. The Morgan fingerprint density at radius 3 is 2.89 bits per heavy atom. The van der Waals surface area contributed by atoms with Gasteiger partial charge in [-0.25, -0.2) is 4.39 Å². The van der Waals surface area contributed by atoms with Crippen LogP contribution in [0.3, 0.4) is 0 Å². The summed E-state index contributed by atoms with van der Waals surface area (Å²) >= 11 is 5.55. The zero-order valence-electron chi connectivity index (χ0n) is 10.7. The van der Waals surface area contributed by atoms with Gasteiger partial charge in [-0.3, -0.25) is 0 Å². The van der Waals surface area contributed by atoms with E-state index in [1.165, 1.54) is 11.6 Å². The van der Waals surface area contributed by atoms with Gasteiger partial charge in [-0.05, 0) is 37.0 Å². The molecule has 1 aromatic carbocycles. The van der Waals surface area contributed by atoms with Crippen molar-refractivity contribution in [2.24, 2.45) is 5.73 Å². The minimum absolute atomic E-state index is 0.0128. The van der Waals surface area contributed by atoms with E-state index < -0.39 is 0 Å². The summed E-state index contributed by atoms with van der Waals surface area (Å²) in [6.45, 7) is 4.11. The maximum absolute atomic E-state index is 13.7. The first-order valence-electron chi connectivity index (χ1n) is 6.00. The molecule has 0 saturated heterocycles. The third kappa shape index (κ3) is 4.31. The number of rotatable bonds is 6. The number of para-hydroxylation sites is 1. The van der Waals surface area contributed by atoms with Gasteiger partial charge in [0.15, 0.2) is 11.6 Å². The fourth-order valence-electron chi connectivity index (χ4n) is 1.52. The lowest BCUT2D eigenvalue weighted by Gasteiger charge is -2.15. The molecule has 0 aromatic heterocycles. The second-order valence-electron chi connectivity index (χ2n) is 4.34. The van der Waals surface area contributed by atoms with Crippen LogP contribution in [0, 0.1) is 5.82 Å². The topological polar surface area (TPSA) is 35.2 Å². The average Bonchev–Trinajstić information content (AvgIpc) is 2.37. The summed E-state index contributed by atoms with van der Waals surface area (Å²) in [4.78, 5) is 0. The van der Waals surface area contributed by atoms with E-state index in [0.717, 1.165) is 17.6 Å². The minimum Gasteiger partial charge on any atom is -0.486 e. The summed E-state index contributed by atoms with van der Waals surface area (Å²) in [5.74, 6) is -0.0857. The molecule has 0 fully saturated rings. The van der Waals surface area contributed by atoms with Gasteiger partial charge in [0.05, 0.1) is 0 Å². The van der Waals surface area contributed by atoms with Crippen molar-refractivity contribution < 1.29 is 9.13 Å². The molecule has 0 radical (unpaired) electrons. The molecule has 0 heterocycles. The lowest BCUT2D eigenvalue weighted by molar-refractivity contribution is 0.327. The van der Waals surface area contributed by atoms with Crippen LogP contribution in [0.1, 0.15) is 25.8 Å². The van der Waals surface area contributed by atoms with Crippen LogP contribution in [0.25, 0.3) is 0 Å². The second-order valence-corrected chi connectivity index (χ2v) is 4.56. The van der Waals surface area contributed by atoms with Crippen molar-refractivity contribution in [3.63, 3.8) is 0 Å². The van der Waals surface area contributed by atoms with Gasteiger partial charge >= 0.3 is 0 Å². The second kappa shape index (κ2) is 7.39. The Balaban J connectivity index is 2.86. The Bertz CT molecular complexity index is 420. The van der Waals surface area contributed by atoms with Gasteiger partial charge in [0.1, 0.15) is 6.61 Å². The van der Waals surface area contributed by atoms with Crippen LogP contribution >= 0.6 is 11.6 Å². The highest BCUT2D eigenvalue weighted by molar-refractivity contribution is 6.25. The van der Waals surface area contributed by atoms with E-state index in [-0.39, 0.29) is 24.2 Å². The number of nitrogens with two attached hydrogens (primary N) is 1. The number of hydrogen-bond donors (Lipinski definition) is 1. The molecule has 0 aliphatic heterocycles. The predicted octanol–water partition coefficient (Wildman–Crippen LogP) is 3.63. The molecule has 18 heavy (non-hydrogen) atoms. The van der Waals surface area contributed by atoms with Crippen molar-refractivity contribution in [1.29, 1.82) is 0 Å². The van der Waals surface area contributed by atoms with Crippen molar-refractivity contribution in [2.45, 2.75) is 32.7 Å². The Kier molecular flexibility index (Phi) is 6.16. The molecular formula is C14H19ClFNO. The van der Waals surface area contributed by atoms with Crippen LogP contribution in [0.15, 0.2) is 29.3 Å².